The van der Waals surface area contributed by atoms with E-state index >= 15 is 0 Å². The number of oxazole rings is 1. The molecule has 2 N–H and O–H groups in total. The molecule has 0 saturated carbocycles. The molecule has 0 bridgehead atoms. The molecule has 0 unspecified atom stereocenters. The van der Waals surface area contributed by atoms with Crippen molar-refractivity contribution in [2.24, 2.45) is 5.10 Å². The number of fused-ring (bicyclic) bond motifs is 1. The molecule has 0 spiro atoms. The van der Waals surface area contributed by atoms with E-state index in [2.05, 4.69) is 20.8 Å². The molecule has 0 radical (unpaired) electrons. The molecule has 3 rings (SSSR count). The van der Waals surface area contributed by atoms with Gasteiger partial charge < -0.3 is 9.73 Å². The van der Waals surface area contributed by atoms with Crippen LogP contribution in [0.2, 0.25) is 0 Å². The van der Waals surface area contributed by atoms with Crippen molar-refractivity contribution in [3.05, 3.63) is 30.2 Å². The lowest BCUT2D eigenvalue weighted by Gasteiger charge is -2.10. The zero-order chi connectivity index (χ0) is 13.9. The van der Waals surface area contributed by atoms with Crippen molar-refractivity contribution in [1.29, 1.82) is 0 Å². The fourth-order valence-electron chi connectivity index (χ4n) is 1.89. The van der Waals surface area contributed by atoms with Crippen LogP contribution in [-0.2, 0) is 16.1 Å². The summed E-state index contributed by atoms with van der Waals surface area (Å²) in [6.07, 6.45) is 0.611. The number of nitrogens with zero attached hydrogens (tertiary/aromatic N) is 2. The standard InChI is InChI=1S/C13H12N4O3/c18-11-6-5-9(16-17-11)13(19)14-7-12-15-8-3-1-2-4-10(8)20-12/h1-4H,5-7H2,(H,14,19)(H,17,18). The van der Waals surface area contributed by atoms with Crippen molar-refractivity contribution >= 4 is 28.6 Å². The first-order valence-corrected chi connectivity index (χ1v) is 6.20. The predicted octanol–water partition coefficient (Wildman–Crippen LogP) is 0.710. The number of hydrogen-bond acceptors (Lipinski definition) is 5. The van der Waals surface area contributed by atoms with Crippen molar-refractivity contribution < 1.29 is 14.0 Å². The van der Waals surface area contributed by atoms with Gasteiger partial charge in [0.25, 0.3) is 5.91 Å². The highest BCUT2D eigenvalue weighted by atomic mass is 16.3. The number of para-hydroxylation sites is 2. The topological polar surface area (TPSA) is 96.6 Å². The van der Waals surface area contributed by atoms with Crippen LogP contribution in [0.5, 0.6) is 0 Å². The Kier molecular flexibility index (Phi) is 3.16. The minimum Gasteiger partial charge on any atom is -0.439 e. The minimum atomic E-state index is -0.327. The van der Waals surface area contributed by atoms with E-state index in [1.807, 2.05) is 24.3 Å². The maximum absolute atomic E-state index is 11.8. The molecule has 1 aromatic heterocycles. The summed E-state index contributed by atoms with van der Waals surface area (Å²) in [6, 6.07) is 7.38. The van der Waals surface area contributed by atoms with E-state index in [9.17, 15) is 9.59 Å². The monoisotopic (exact) mass is 272 g/mol. The van der Waals surface area contributed by atoms with E-state index in [1.165, 1.54) is 0 Å². The van der Waals surface area contributed by atoms with Gasteiger partial charge in [0.05, 0.1) is 6.54 Å². The van der Waals surface area contributed by atoms with E-state index in [4.69, 9.17) is 4.42 Å². The molecule has 0 fully saturated rings. The van der Waals surface area contributed by atoms with E-state index in [0.717, 1.165) is 5.52 Å². The minimum absolute atomic E-state index is 0.180. The van der Waals surface area contributed by atoms with Crippen LogP contribution < -0.4 is 10.7 Å². The normalized spacial score (nSPS) is 14.8. The zero-order valence-corrected chi connectivity index (χ0v) is 10.5. The average Bonchev–Trinajstić information content (AvgIpc) is 2.88. The first kappa shape index (κ1) is 12.3. The first-order chi connectivity index (χ1) is 9.72. The lowest BCUT2D eigenvalue weighted by molar-refractivity contribution is -0.121. The second-order valence-corrected chi connectivity index (χ2v) is 4.35. The van der Waals surface area contributed by atoms with Crippen LogP contribution in [0, 0.1) is 0 Å². The van der Waals surface area contributed by atoms with E-state index in [-0.39, 0.29) is 24.8 Å². The Balaban J connectivity index is 1.64. The summed E-state index contributed by atoms with van der Waals surface area (Å²) >= 11 is 0. The molecule has 7 heteroatoms. The van der Waals surface area contributed by atoms with Gasteiger partial charge in [0.2, 0.25) is 11.8 Å². The van der Waals surface area contributed by atoms with Gasteiger partial charge >= 0.3 is 0 Å². The Bertz CT molecular complexity index is 671. The van der Waals surface area contributed by atoms with Crippen LogP contribution in [0.25, 0.3) is 11.1 Å². The van der Waals surface area contributed by atoms with Crippen LogP contribution in [0.3, 0.4) is 0 Å². The summed E-state index contributed by atoms with van der Waals surface area (Å²) in [4.78, 5) is 27.0. The number of carbonyl (C=O) groups excluding carboxylic acids is 2. The third-order valence-corrected chi connectivity index (χ3v) is 2.90. The summed E-state index contributed by atoms with van der Waals surface area (Å²) < 4.78 is 5.49. The molecule has 2 heterocycles. The quantitative estimate of drug-likeness (QED) is 0.860. The van der Waals surface area contributed by atoms with Crippen LogP contribution >= 0.6 is 0 Å². The highest BCUT2D eigenvalue weighted by Crippen LogP contribution is 2.14. The smallest absolute Gasteiger partial charge is 0.267 e. The Morgan fingerprint density at radius 1 is 1.35 bits per heavy atom. The van der Waals surface area contributed by atoms with E-state index in [1.54, 1.807) is 0 Å². The van der Waals surface area contributed by atoms with Crippen molar-refractivity contribution in [2.45, 2.75) is 19.4 Å². The Morgan fingerprint density at radius 2 is 2.20 bits per heavy atom. The summed E-state index contributed by atoms with van der Waals surface area (Å²) in [5.41, 5.74) is 4.02. The number of amides is 2. The lowest BCUT2D eigenvalue weighted by atomic mass is 10.1. The molecule has 2 amide bonds. The Labute approximate surface area is 114 Å². The average molecular weight is 272 g/mol. The van der Waals surface area contributed by atoms with Crippen molar-refractivity contribution in [1.82, 2.24) is 15.7 Å². The van der Waals surface area contributed by atoms with Gasteiger partial charge in [-0.25, -0.2) is 10.4 Å². The molecule has 2 aromatic rings. The van der Waals surface area contributed by atoms with Gasteiger partial charge in [-0.3, -0.25) is 9.59 Å². The van der Waals surface area contributed by atoms with Crippen LogP contribution in [0.15, 0.2) is 33.8 Å². The fourth-order valence-corrected chi connectivity index (χ4v) is 1.89. The SMILES string of the molecule is O=C1CCC(C(=O)NCc2nc3ccccc3o2)=NN1. The molecule has 7 nitrogen and oxygen atoms in total. The molecule has 0 atom stereocenters. The van der Waals surface area contributed by atoms with Crippen LogP contribution in [-0.4, -0.2) is 22.5 Å². The van der Waals surface area contributed by atoms with Gasteiger partial charge in [0.15, 0.2) is 5.58 Å². The molecule has 0 saturated heterocycles. The second kappa shape index (κ2) is 5.12. The highest BCUT2D eigenvalue weighted by molar-refractivity contribution is 6.39. The predicted molar refractivity (Wildman–Crippen MR) is 70.7 cm³/mol. The van der Waals surface area contributed by atoms with Gasteiger partial charge in [0, 0.05) is 12.8 Å². The summed E-state index contributed by atoms with van der Waals surface area (Å²) in [6.45, 7) is 0.181. The van der Waals surface area contributed by atoms with Gasteiger partial charge in [0.1, 0.15) is 11.2 Å². The number of carbonyl (C=O) groups is 2. The van der Waals surface area contributed by atoms with Crippen molar-refractivity contribution in [3.8, 4) is 0 Å². The summed E-state index contributed by atoms with van der Waals surface area (Å²) in [5.74, 6) is -0.0762. The third kappa shape index (κ3) is 2.51. The summed E-state index contributed by atoms with van der Waals surface area (Å²) in [7, 11) is 0. The lowest BCUT2D eigenvalue weighted by Crippen LogP contribution is -2.36. The number of nitrogens with one attached hydrogen (secondary N) is 2. The maximum atomic E-state index is 11.8. The molecule has 102 valence electrons. The van der Waals surface area contributed by atoms with Crippen molar-refractivity contribution in [2.75, 3.05) is 0 Å². The molecular weight excluding hydrogens is 260 g/mol. The number of aromatic nitrogens is 1. The Morgan fingerprint density at radius 3 is 2.95 bits per heavy atom. The van der Waals surface area contributed by atoms with Crippen molar-refractivity contribution in [3.63, 3.8) is 0 Å². The first-order valence-electron chi connectivity index (χ1n) is 6.20. The van der Waals surface area contributed by atoms with Crippen LogP contribution in [0.1, 0.15) is 18.7 Å². The Hall–Kier alpha value is -2.70. The van der Waals surface area contributed by atoms with Gasteiger partial charge in [-0.15, -0.1) is 0 Å². The molecule has 1 aromatic carbocycles. The maximum Gasteiger partial charge on any atom is 0.267 e. The third-order valence-electron chi connectivity index (χ3n) is 2.90. The van der Waals surface area contributed by atoms with Crippen LogP contribution in [0.4, 0.5) is 0 Å². The molecule has 0 aliphatic carbocycles. The molecule has 20 heavy (non-hydrogen) atoms. The fraction of sp³-hybridized carbons (Fsp3) is 0.231. The van der Waals surface area contributed by atoms with E-state index in [0.29, 0.717) is 23.6 Å². The molecule has 1 aliphatic rings. The van der Waals surface area contributed by atoms with Gasteiger partial charge in [-0.1, -0.05) is 12.1 Å². The zero-order valence-electron chi connectivity index (χ0n) is 10.5. The number of hydrazone groups is 1. The molecule has 1 aliphatic heterocycles. The molecular formula is C13H12N4O3. The number of benzene rings is 1. The highest BCUT2D eigenvalue weighted by Gasteiger charge is 2.18. The van der Waals surface area contributed by atoms with Gasteiger partial charge in [-0.05, 0) is 12.1 Å². The van der Waals surface area contributed by atoms with E-state index < -0.39 is 0 Å². The largest absolute Gasteiger partial charge is 0.439 e. The van der Waals surface area contributed by atoms with Gasteiger partial charge in [-0.2, -0.15) is 5.10 Å². The summed E-state index contributed by atoms with van der Waals surface area (Å²) in [5, 5.41) is 6.39. The number of rotatable bonds is 3. The number of hydrogen-bond donors (Lipinski definition) is 2. The second-order valence-electron chi connectivity index (χ2n) is 4.35.